The summed E-state index contributed by atoms with van der Waals surface area (Å²) in [7, 11) is 0. The van der Waals surface area contributed by atoms with Gasteiger partial charge in [-0.25, -0.2) is 4.98 Å². The van der Waals surface area contributed by atoms with Crippen molar-refractivity contribution >= 4 is 0 Å². The smallest absolute Gasteiger partial charge is 0.213 e. The Labute approximate surface area is 92.2 Å². The quantitative estimate of drug-likeness (QED) is 0.719. The Morgan fingerprint density at radius 2 is 1.94 bits per heavy atom. The largest absolute Gasteiger partial charge is 0.265 e. The summed E-state index contributed by atoms with van der Waals surface area (Å²) in [6.45, 7) is 0. The summed E-state index contributed by atoms with van der Waals surface area (Å²) in [6.07, 6.45) is 3.43. The van der Waals surface area contributed by atoms with E-state index in [1.165, 1.54) is 6.07 Å². The molecule has 0 amide bonds. The first-order valence-electron chi connectivity index (χ1n) is 4.74. The van der Waals surface area contributed by atoms with Gasteiger partial charge in [-0.2, -0.15) is 9.65 Å². The zero-order valence-corrected chi connectivity index (χ0v) is 8.39. The van der Waals surface area contributed by atoms with Crippen molar-refractivity contribution in [1.29, 1.82) is 5.26 Å². The second kappa shape index (κ2) is 4.49. The minimum absolute atomic E-state index is 0.213. The Balaban J connectivity index is 2.55. The van der Waals surface area contributed by atoms with Gasteiger partial charge in [0.05, 0.1) is 18.2 Å². The topological polar surface area (TPSA) is 49.6 Å². The molecule has 2 heterocycles. The highest BCUT2D eigenvalue weighted by Gasteiger charge is 2.07. The minimum atomic E-state index is -0.548. The van der Waals surface area contributed by atoms with Gasteiger partial charge in [0.25, 0.3) is 0 Å². The van der Waals surface area contributed by atoms with E-state index < -0.39 is 5.95 Å². The van der Waals surface area contributed by atoms with Crippen LogP contribution < -0.4 is 0 Å². The number of hydrogen-bond donors (Lipinski definition) is 0. The van der Waals surface area contributed by atoms with Crippen molar-refractivity contribution in [3.63, 3.8) is 0 Å². The van der Waals surface area contributed by atoms with Gasteiger partial charge in [-0.3, -0.25) is 4.98 Å². The summed E-state index contributed by atoms with van der Waals surface area (Å²) in [5.41, 5.74) is 1.99. The van der Waals surface area contributed by atoms with Crippen LogP contribution in [0.2, 0.25) is 0 Å². The molecule has 0 atom stereocenters. The van der Waals surface area contributed by atoms with E-state index in [-0.39, 0.29) is 6.42 Å². The van der Waals surface area contributed by atoms with E-state index in [2.05, 4.69) is 9.97 Å². The van der Waals surface area contributed by atoms with Crippen molar-refractivity contribution < 1.29 is 4.39 Å². The third-order valence-corrected chi connectivity index (χ3v) is 2.17. The van der Waals surface area contributed by atoms with E-state index in [9.17, 15) is 4.39 Å². The van der Waals surface area contributed by atoms with E-state index in [1.54, 1.807) is 30.6 Å². The average molecular weight is 213 g/mol. The molecule has 0 saturated heterocycles. The van der Waals surface area contributed by atoms with Crippen molar-refractivity contribution in [2.45, 2.75) is 6.42 Å². The van der Waals surface area contributed by atoms with Gasteiger partial charge < -0.3 is 0 Å². The van der Waals surface area contributed by atoms with Crippen LogP contribution in [-0.2, 0) is 6.42 Å². The monoisotopic (exact) mass is 213 g/mol. The molecule has 0 radical (unpaired) electrons. The molecule has 0 aliphatic rings. The van der Waals surface area contributed by atoms with E-state index in [1.807, 2.05) is 6.07 Å². The molecule has 0 aromatic carbocycles. The van der Waals surface area contributed by atoms with Crippen molar-refractivity contribution in [1.82, 2.24) is 9.97 Å². The second-order valence-corrected chi connectivity index (χ2v) is 3.21. The number of pyridine rings is 2. The predicted molar refractivity (Wildman–Crippen MR) is 56.7 cm³/mol. The lowest BCUT2D eigenvalue weighted by atomic mass is 10.1. The Bertz CT molecular complexity index is 532. The Morgan fingerprint density at radius 1 is 1.19 bits per heavy atom. The zero-order valence-electron chi connectivity index (χ0n) is 8.39. The van der Waals surface area contributed by atoms with Crippen LogP contribution in [0, 0.1) is 17.3 Å². The Hall–Kier alpha value is -2.28. The standard InChI is InChI=1S/C12H8FN3/c13-11-2-1-9(3-6-14)12(16-11)10-4-7-15-8-5-10/h1-2,4-5,7-8H,3H2. The van der Waals surface area contributed by atoms with Crippen LogP contribution in [0.15, 0.2) is 36.7 Å². The molecule has 3 nitrogen and oxygen atoms in total. The highest BCUT2D eigenvalue weighted by Crippen LogP contribution is 2.21. The molecule has 0 aliphatic carbocycles. The molecular formula is C12H8FN3. The SMILES string of the molecule is N#CCc1ccc(F)nc1-c1ccncc1. The van der Waals surface area contributed by atoms with Gasteiger partial charge in [0, 0.05) is 18.0 Å². The lowest BCUT2D eigenvalue weighted by molar-refractivity contribution is 0.584. The summed E-state index contributed by atoms with van der Waals surface area (Å²) >= 11 is 0. The predicted octanol–water partition coefficient (Wildman–Crippen LogP) is 2.35. The van der Waals surface area contributed by atoms with Crippen LogP contribution in [0.5, 0.6) is 0 Å². The highest BCUT2D eigenvalue weighted by atomic mass is 19.1. The molecule has 2 aromatic heterocycles. The fourth-order valence-electron chi connectivity index (χ4n) is 1.45. The van der Waals surface area contributed by atoms with Gasteiger partial charge in [0.2, 0.25) is 5.95 Å². The molecular weight excluding hydrogens is 205 g/mol. The highest BCUT2D eigenvalue weighted by molar-refractivity contribution is 5.62. The summed E-state index contributed by atoms with van der Waals surface area (Å²) in [5, 5.41) is 8.68. The number of rotatable bonds is 2. The van der Waals surface area contributed by atoms with Crippen molar-refractivity contribution in [2.75, 3.05) is 0 Å². The summed E-state index contributed by atoms with van der Waals surface area (Å²) in [4.78, 5) is 7.70. The van der Waals surface area contributed by atoms with Crippen LogP contribution in [0.1, 0.15) is 5.56 Å². The summed E-state index contributed by atoms with van der Waals surface area (Å²) in [6, 6.07) is 8.36. The first-order chi connectivity index (χ1) is 7.81. The molecule has 2 rings (SSSR count). The molecule has 0 N–H and O–H groups in total. The third-order valence-electron chi connectivity index (χ3n) is 2.17. The van der Waals surface area contributed by atoms with E-state index >= 15 is 0 Å². The third kappa shape index (κ3) is 2.04. The van der Waals surface area contributed by atoms with Crippen molar-refractivity contribution in [3.8, 4) is 17.3 Å². The minimum Gasteiger partial charge on any atom is -0.265 e. The zero-order chi connectivity index (χ0) is 11.4. The Morgan fingerprint density at radius 3 is 2.62 bits per heavy atom. The van der Waals surface area contributed by atoms with Gasteiger partial charge in [-0.15, -0.1) is 0 Å². The maximum Gasteiger partial charge on any atom is 0.213 e. The maximum absolute atomic E-state index is 13.1. The molecule has 4 heteroatoms. The van der Waals surface area contributed by atoms with Crippen LogP contribution in [0.4, 0.5) is 4.39 Å². The summed E-state index contributed by atoms with van der Waals surface area (Å²) < 4.78 is 13.1. The number of nitriles is 1. The maximum atomic E-state index is 13.1. The van der Waals surface area contributed by atoms with Crippen molar-refractivity contribution in [2.24, 2.45) is 0 Å². The molecule has 16 heavy (non-hydrogen) atoms. The number of halogens is 1. The second-order valence-electron chi connectivity index (χ2n) is 3.21. The summed E-state index contributed by atoms with van der Waals surface area (Å²) in [5.74, 6) is -0.548. The first-order valence-corrected chi connectivity index (χ1v) is 4.74. The van der Waals surface area contributed by atoms with E-state index in [0.717, 1.165) is 11.1 Å². The lowest BCUT2D eigenvalue weighted by Crippen LogP contribution is -1.95. The molecule has 0 unspecified atom stereocenters. The van der Waals surface area contributed by atoms with E-state index in [0.29, 0.717) is 5.69 Å². The normalized spacial score (nSPS) is 9.75. The molecule has 78 valence electrons. The van der Waals surface area contributed by atoms with Crippen LogP contribution >= 0.6 is 0 Å². The number of aromatic nitrogens is 2. The Kier molecular flexibility index (Phi) is 2.88. The molecule has 0 fully saturated rings. The van der Waals surface area contributed by atoms with Gasteiger partial charge in [-0.1, -0.05) is 6.07 Å². The van der Waals surface area contributed by atoms with Crippen LogP contribution in [0.25, 0.3) is 11.3 Å². The van der Waals surface area contributed by atoms with E-state index in [4.69, 9.17) is 5.26 Å². The van der Waals surface area contributed by atoms with Crippen LogP contribution in [0.3, 0.4) is 0 Å². The molecule has 0 saturated carbocycles. The van der Waals surface area contributed by atoms with Crippen LogP contribution in [-0.4, -0.2) is 9.97 Å². The molecule has 0 aliphatic heterocycles. The first kappa shape index (κ1) is 10.2. The molecule has 2 aromatic rings. The lowest BCUT2D eigenvalue weighted by Gasteiger charge is -2.05. The fraction of sp³-hybridized carbons (Fsp3) is 0.0833. The van der Waals surface area contributed by atoms with Crippen molar-refractivity contribution in [3.05, 3.63) is 48.2 Å². The van der Waals surface area contributed by atoms with Gasteiger partial charge >= 0.3 is 0 Å². The van der Waals surface area contributed by atoms with Gasteiger partial charge in [0.15, 0.2) is 0 Å². The number of nitrogens with zero attached hydrogens (tertiary/aromatic N) is 3. The molecule has 0 bridgehead atoms. The fourth-order valence-corrected chi connectivity index (χ4v) is 1.45. The average Bonchev–Trinajstić information content (AvgIpc) is 2.33. The number of hydrogen-bond acceptors (Lipinski definition) is 3. The molecule has 0 spiro atoms. The van der Waals surface area contributed by atoms with Gasteiger partial charge in [0.1, 0.15) is 0 Å². The van der Waals surface area contributed by atoms with Gasteiger partial charge in [-0.05, 0) is 23.8 Å².